The van der Waals surface area contributed by atoms with Crippen molar-refractivity contribution in [2.75, 3.05) is 5.32 Å². The number of carbonyl (C=O) groups is 1. The van der Waals surface area contributed by atoms with Gasteiger partial charge in [0.25, 0.3) is 5.91 Å². The summed E-state index contributed by atoms with van der Waals surface area (Å²) in [7, 11) is 0. The Hall–Kier alpha value is -2.56. The van der Waals surface area contributed by atoms with E-state index < -0.39 is 6.10 Å². The number of anilines is 1. The van der Waals surface area contributed by atoms with Crippen LogP contribution in [0.25, 0.3) is 0 Å². The van der Waals surface area contributed by atoms with Crippen LogP contribution in [0, 0.1) is 5.82 Å². The SMILES string of the molecule is CCC1Oc2ccc(OCc3cccc(F)c3)cc2NC1=O. The van der Waals surface area contributed by atoms with E-state index >= 15 is 0 Å². The fraction of sp³-hybridized carbons (Fsp3) is 0.235. The molecule has 0 saturated carbocycles. The fourth-order valence-electron chi connectivity index (χ4n) is 2.28. The van der Waals surface area contributed by atoms with Crippen LogP contribution < -0.4 is 14.8 Å². The second kappa shape index (κ2) is 6.05. The first kappa shape index (κ1) is 14.4. The molecule has 1 unspecified atom stereocenters. The topological polar surface area (TPSA) is 47.6 Å². The normalized spacial score (nSPS) is 16.5. The maximum atomic E-state index is 13.1. The van der Waals surface area contributed by atoms with Crippen molar-refractivity contribution >= 4 is 11.6 Å². The zero-order valence-corrected chi connectivity index (χ0v) is 12.1. The molecule has 0 aromatic heterocycles. The average molecular weight is 301 g/mol. The molecule has 5 heteroatoms. The number of halogens is 1. The minimum Gasteiger partial charge on any atom is -0.489 e. The van der Waals surface area contributed by atoms with Crippen molar-refractivity contribution in [1.82, 2.24) is 0 Å². The molecular formula is C17H16FNO3. The van der Waals surface area contributed by atoms with Crippen molar-refractivity contribution < 1.29 is 18.7 Å². The van der Waals surface area contributed by atoms with Gasteiger partial charge in [-0.15, -0.1) is 0 Å². The number of fused-ring (bicyclic) bond motifs is 1. The van der Waals surface area contributed by atoms with Gasteiger partial charge in [0.15, 0.2) is 6.10 Å². The summed E-state index contributed by atoms with van der Waals surface area (Å²) < 4.78 is 24.3. The van der Waals surface area contributed by atoms with Gasteiger partial charge in [-0.1, -0.05) is 19.1 Å². The molecule has 2 aromatic rings. The molecule has 1 aliphatic rings. The fourth-order valence-corrected chi connectivity index (χ4v) is 2.28. The Morgan fingerprint density at radius 2 is 2.14 bits per heavy atom. The summed E-state index contributed by atoms with van der Waals surface area (Å²) in [6.45, 7) is 2.15. The molecule has 1 aliphatic heterocycles. The highest BCUT2D eigenvalue weighted by molar-refractivity contribution is 5.97. The third-order valence-corrected chi connectivity index (χ3v) is 3.44. The summed E-state index contributed by atoms with van der Waals surface area (Å²) in [5.41, 5.74) is 1.33. The molecule has 1 N–H and O–H groups in total. The molecular weight excluding hydrogens is 285 g/mol. The van der Waals surface area contributed by atoms with Gasteiger partial charge in [-0.25, -0.2) is 4.39 Å². The van der Waals surface area contributed by atoms with Crippen molar-refractivity contribution in [3.8, 4) is 11.5 Å². The molecule has 3 rings (SSSR count). The van der Waals surface area contributed by atoms with Gasteiger partial charge >= 0.3 is 0 Å². The quantitative estimate of drug-likeness (QED) is 0.940. The zero-order chi connectivity index (χ0) is 15.5. The molecule has 0 bridgehead atoms. The van der Waals surface area contributed by atoms with E-state index in [4.69, 9.17) is 9.47 Å². The molecule has 0 saturated heterocycles. The summed E-state index contributed by atoms with van der Waals surface area (Å²) >= 11 is 0. The van der Waals surface area contributed by atoms with Crippen LogP contribution in [0.2, 0.25) is 0 Å². The molecule has 114 valence electrons. The molecule has 0 spiro atoms. The smallest absolute Gasteiger partial charge is 0.265 e. The van der Waals surface area contributed by atoms with Gasteiger partial charge in [-0.2, -0.15) is 0 Å². The van der Waals surface area contributed by atoms with Crippen molar-refractivity contribution in [1.29, 1.82) is 0 Å². The molecule has 0 radical (unpaired) electrons. The van der Waals surface area contributed by atoms with Gasteiger partial charge in [0, 0.05) is 6.07 Å². The van der Waals surface area contributed by atoms with Crippen LogP contribution in [-0.2, 0) is 11.4 Å². The number of ether oxygens (including phenoxy) is 2. The molecule has 2 aromatic carbocycles. The van der Waals surface area contributed by atoms with Crippen molar-refractivity contribution in [2.24, 2.45) is 0 Å². The molecule has 4 nitrogen and oxygen atoms in total. The number of rotatable bonds is 4. The Morgan fingerprint density at radius 3 is 2.91 bits per heavy atom. The van der Waals surface area contributed by atoms with E-state index in [1.54, 1.807) is 30.3 Å². The average Bonchev–Trinajstić information content (AvgIpc) is 2.52. The van der Waals surface area contributed by atoms with E-state index in [1.165, 1.54) is 12.1 Å². The van der Waals surface area contributed by atoms with Crippen LogP contribution in [0.3, 0.4) is 0 Å². The summed E-state index contributed by atoms with van der Waals surface area (Å²) in [5, 5.41) is 2.80. The molecule has 22 heavy (non-hydrogen) atoms. The van der Waals surface area contributed by atoms with Gasteiger partial charge in [-0.3, -0.25) is 4.79 Å². The lowest BCUT2D eigenvalue weighted by molar-refractivity contribution is -0.123. The Bertz CT molecular complexity index is 702. The minimum absolute atomic E-state index is 0.155. The highest BCUT2D eigenvalue weighted by atomic mass is 19.1. The number of hydrogen-bond donors (Lipinski definition) is 1. The van der Waals surface area contributed by atoms with Crippen LogP contribution >= 0.6 is 0 Å². The maximum Gasteiger partial charge on any atom is 0.265 e. The lowest BCUT2D eigenvalue weighted by Gasteiger charge is -2.25. The zero-order valence-electron chi connectivity index (χ0n) is 12.1. The standard InChI is InChI=1S/C17H16FNO3/c1-2-15-17(20)19-14-9-13(6-7-16(14)22-15)21-10-11-4-3-5-12(18)8-11/h3-9,15H,2,10H2,1H3,(H,19,20). The first-order chi connectivity index (χ1) is 10.7. The van der Waals surface area contributed by atoms with E-state index in [-0.39, 0.29) is 18.3 Å². The summed E-state index contributed by atoms with van der Waals surface area (Å²) in [4.78, 5) is 11.8. The van der Waals surface area contributed by atoms with Crippen LogP contribution in [0.4, 0.5) is 10.1 Å². The van der Waals surface area contributed by atoms with Gasteiger partial charge in [0.1, 0.15) is 23.9 Å². The Labute approximate surface area is 127 Å². The number of nitrogens with one attached hydrogen (secondary N) is 1. The highest BCUT2D eigenvalue weighted by Crippen LogP contribution is 2.33. The van der Waals surface area contributed by atoms with E-state index in [1.807, 2.05) is 6.92 Å². The first-order valence-electron chi connectivity index (χ1n) is 7.14. The number of carbonyl (C=O) groups excluding carboxylic acids is 1. The highest BCUT2D eigenvalue weighted by Gasteiger charge is 2.26. The van der Waals surface area contributed by atoms with Crippen molar-refractivity contribution in [2.45, 2.75) is 26.1 Å². The number of hydrogen-bond acceptors (Lipinski definition) is 3. The van der Waals surface area contributed by atoms with Gasteiger partial charge in [-0.05, 0) is 36.2 Å². The Morgan fingerprint density at radius 1 is 1.27 bits per heavy atom. The lowest BCUT2D eigenvalue weighted by atomic mass is 10.2. The third-order valence-electron chi connectivity index (χ3n) is 3.44. The second-order valence-electron chi connectivity index (χ2n) is 5.08. The Kier molecular flexibility index (Phi) is 3.96. The van der Waals surface area contributed by atoms with E-state index in [0.717, 1.165) is 5.56 Å². The number of benzene rings is 2. The van der Waals surface area contributed by atoms with Gasteiger partial charge in [0.05, 0.1) is 5.69 Å². The summed E-state index contributed by atoms with van der Waals surface area (Å²) in [6, 6.07) is 11.5. The van der Waals surface area contributed by atoms with E-state index in [2.05, 4.69) is 5.32 Å². The molecule has 0 aliphatic carbocycles. The Balaban J connectivity index is 1.71. The molecule has 0 fully saturated rings. The van der Waals surface area contributed by atoms with Crippen LogP contribution in [0.5, 0.6) is 11.5 Å². The van der Waals surface area contributed by atoms with Crippen molar-refractivity contribution in [3.63, 3.8) is 0 Å². The molecule has 1 heterocycles. The van der Waals surface area contributed by atoms with E-state index in [0.29, 0.717) is 23.6 Å². The first-order valence-corrected chi connectivity index (χ1v) is 7.14. The van der Waals surface area contributed by atoms with Gasteiger partial charge < -0.3 is 14.8 Å². The van der Waals surface area contributed by atoms with Gasteiger partial charge in [0.2, 0.25) is 0 Å². The minimum atomic E-state index is -0.452. The predicted octanol–water partition coefficient (Wildman–Crippen LogP) is 3.51. The van der Waals surface area contributed by atoms with Crippen LogP contribution in [-0.4, -0.2) is 12.0 Å². The van der Waals surface area contributed by atoms with E-state index in [9.17, 15) is 9.18 Å². The lowest BCUT2D eigenvalue weighted by Crippen LogP contribution is -2.36. The predicted molar refractivity (Wildman–Crippen MR) is 80.5 cm³/mol. The molecule has 1 amide bonds. The molecule has 1 atom stereocenters. The van der Waals surface area contributed by atoms with Crippen molar-refractivity contribution in [3.05, 3.63) is 53.8 Å². The monoisotopic (exact) mass is 301 g/mol. The third kappa shape index (κ3) is 3.03. The second-order valence-corrected chi connectivity index (χ2v) is 5.08. The van der Waals surface area contributed by atoms with Crippen LogP contribution in [0.15, 0.2) is 42.5 Å². The maximum absolute atomic E-state index is 13.1. The summed E-state index contributed by atoms with van der Waals surface area (Å²) in [6.07, 6.45) is 0.162. The summed E-state index contributed by atoms with van der Waals surface area (Å²) in [5.74, 6) is 0.765. The van der Waals surface area contributed by atoms with Crippen LogP contribution in [0.1, 0.15) is 18.9 Å². The number of amides is 1. The largest absolute Gasteiger partial charge is 0.489 e.